The van der Waals surface area contributed by atoms with Gasteiger partial charge in [-0.15, -0.1) is 0 Å². The Morgan fingerprint density at radius 2 is 2.05 bits per heavy atom. The molecule has 0 unspecified atom stereocenters. The predicted molar refractivity (Wildman–Crippen MR) is 79.0 cm³/mol. The zero-order valence-electron chi connectivity index (χ0n) is 11.9. The van der Waals surface area contributed by atoms with Crippen LogP contribution in [0.25, 0.3) is 0 Å². The molecule has 1 rings (SSSR count). The third-order valence-electron chi connectivity index (χ3n) is 2.24. The Kier molecular flexibility index (Phi) is 4.96. The Morgan fingerprint density at radius 3 is 2.63 bits per heavy atom. The summed E-state index contributed by atoms with van der Waals surface area (Å²) in [7, 11) is 0. The van der Waals surface area contributed by atoms with Gasteiger partial charge in [-0.2, -0.15) is 0 Å². The Bertz CT molecular complexity index is 518. The largest absolute Gasteiger partial charge is 0.333 e. The number of nitrogens with two attached hydrogens (primary N) is 1. The summed E-state index contributed by atoms with van der Waals surface area (Å²) in [5.74, 6) is 5.76. The minimum absolute atomic E-state index is 0.243. The second-order valence-electron chi connectivity index (χ2n) is 5.38. The minimum Gasteiger partial charge on any atom is -0.333 e. The smallest absolute Gasteiger partial charge is 0.319 e. The van der Waals surface area contributed by atoms with E-state index in [9.17, 15) is 4.79 Å². The molecule has 4 nitrogen and oxygen atoms in total. The molecule has 0 aliphatic rings. The van der Waals surface area contributed by atoms with Crippen LogP contribution < -0.4 is 16.4 Å². The van der Waals surface area contributed by atoms with E-state index in [-0.39, 0.29) is 11.6 Å². The predicted octanol–water partition coefficient (Wildman–Crippen LogP) is 2.23. The first-order valence-electron chi connectivity index (χ1n) is 6.20. The van der Waals surface area contributed by atoms with Gasteiger partial charge in [0.25, 0.3) is 0 Å². The van der Waals surface area contributed by atoms with E-state index in [1.807, 2.05) is 45.9 Å². The molecule has 102 valence electrons. The van der Waals surface area contributed by atoms with Crippen LogP contribution in [-0.4, -0.2) is 18.1 Å². The average molecular weight is 259 g/mol. The van der Waals surface area contributed by atoms with E-state index < -0.39 is 0 Å². The number of carbonyl (C=O) groups excluding carboxylic acids is 1. The lowest BCUT2D eigenvalue weighted by Crippen LogP contribution is -2.43. The van der Waals surface area contributed by atoms with Gasteiger partial charge in [-0.1, -0.05) is 17.9 Å². The molecule has 1 aromatic rings. The number of amides is 2. The van der Waals surface area contributed by atoms with Crippen molar-refractivity contribution in [3.05, 3.63) is 29.3 Å². The van der Waals surface area contributed by atoms with E-state index in [4.69, 9.17) is 5.73 Å². The normalized spacial score (nSPS) is 10.4. The molecule has 0 aliphatic carbocycles. The number of hydrogen-bond acceptors (Lipinski definition) is 2. The maximum atomic E-state index is 11.8. The molecule has 0 saturated carbocycles. The van der Waals surface area contributed by atoms with E-state index in [0.29, 0.717) is 12.2 Å². The summed E-state index contributed by atoms with van der Waals surface area (Å²) in [6.07, 6.45) is 0. The van der Waals surface area contributed by atoms with Crippen LogP contribution in [0.4, 0.5) is 10.5 Å². The van der Waals surface area contributed by atoms with Gasteiger partial charge in [0.1, 0.15) is 0 Å². The van der Waals surface area contributed by atoms with E-state index >= 15 is 0 Å². The van der Waals surface area contributed by atoms with Crippen LogP contribution in [-0.2, 0) is 0 Å². The van der Waals surface area contributed by atoms with Gasteiger partial charge in [0.15, 0.2) is 0 Å². The van der Waals surface area contributed by atoms with Crippen molar-refractivity contribution in [2.45, 2.75) is 33.2 Å². The van der Waals surface area contributed by atoms with Crippen molar-refractivity contribution in [1.82, 2.24) is 5.32 Å². The molecule has 0 aromatic heterocycles. The Balaban J connectivity index is 2.91. The molecule has 0 saturated heterocycles. The molecule has 0 heterocycles. The summed E-state index contributed by atoms with van der Waals surface area (Å²) in [5, 5.41) is 5.65. The second kappa shape index (κ2) is 6.26. The van der Waals surface area contributed by atoms with Crippen molar-refractivity contribution in [3.63, 3.8) is 0 Å². The molecule has 4 N–H and O–H groups in total. The molecule has 0 aliphatic heterocycles. The van der Waals surface area contributed by atoms with Gasteiger partial charge in [0, 0.05) is 11.1 Å². The summed E-state index contributed by atoms with van der Waals surface area (Å²) in [6, 6.07) is 5.46. The molecule has 2 amide bonds. The minimum atomic E-state index is -0.280. The molecule has 0 atom stereocenters. The highest BCUT2D eigenvalue weighted by Crippen LogP contribution is 2.16. The number of aryl methyl sites for hydroxylation is 1. The van der Waals surface area contributed by atoms with Crippen molar-refractivity contribution in [2.75, 3.05) is 11.9 Å². The number of anilines is 1. The zero-order chi connectivity index (χ0) is 14.5. The van der Waals surface area contributed by atoms with Gasteiger partial charge in [0.05, 0.1) is 12.2 Å². The third kappa shape index (κ3) is 5.45. The fourth-order valence-electron chi connectivity index (χ4n) is 1.51. The van der Waals surface area contributed by atoms with Crippen LogP contribution in [0.1, 0.15) is 31.9 Å². The standard InChI is InChI=1S/C15H21N3O/c1-11-7-8-13(12(10-11)6-5-9-16)17-14(19)18-15(2,3)4/h7-8,10H,9,16H2,1-4H3,(H2,17,18,19). The first-order valence-corrected chi connectivity index (χ1v) is 6.20. The van der Waals surface area contributed by atoms with E-state index in [2.05, 4.69) is 22.5 Å². The number of carbonyl (C=O) groups is 1. The van der Waals surface area contributed by atoms with Gasteiger partial charge in [-0.05, 0) is 45.4 Å². The molecule has 0 fully saturated rings. The molecular weight excluding hydrogens is 238 g/mol. The lowest BCUT2D eigenvalue weighted by Gasteiger charge is -2.21. The lowest BCUT2D eigenvalue weighted by molar-refractivity contribution is 0.244. The number of rotatable bonds is 1. The molecule has 4 heteroatoms. The van der Waals surface area contributed by atoms with Crippen LogP contribution >= 0.6 is 0 Å². The molecule has 1 aromatic carbocycles. The fourth-order valence-corrected chi connectivity index (χ4v) is 1.51. The average Bonchev–Trinajstić information content (AvgIpc) is 2.27. The second-order valence-corrected chi connectivity index (χ2v) is 5.38. The van der Waals surface area contributed by atoms with Crippen molar-refractivity contribution in [1.29, 1.82) is 0 Å². The molecule has 19 heavy (non-hydrogen) atoms. The number of hydrogen-bond donors (Lipinski definition) is 3. The van der Waals surface area contributed by atoms with Crippen LogP contribution in [0.3, 0.4) is 0 Å². The van der Waals surface area contributed by atoms with E-state index in [0.717, 1.165) is 11.1 Å². The maximum Gasteiger partial charge on any atom is 0.319 e. The monoisotopic (exact) mass is 259 g/mol. The van der Waals surface area contributed by atoms with E-state index in [1.54, 1.807) is 0 Å². The van der Waals surface area contributed by atoms with Gasteiger partial charge >= 0.3 is 6.03 Å². The van der Waals surface area contributed by atoms with Crippen molar-refractivity contribution >= 4 is 11.7 Å². The highest BCUT2D eigenvalue weighted by Gasteiger charge is 2.14. The molecule has 0 spiro atoms. The van der Waals surface area contributed by atoms with Crippen molar-refractivity contribution < 1.29 is 4.79 Å². The first-order chi connectivity index (χ1) is 8.81. The quantitative estimate of drug-likeness (QED) is 0.677. The topological polar surface area (TPSA) is 67.2 Å². The van der Waals surface area contributed by atoms with Crippen LogP contribution in [0.5, 0.6) is 0 Å². The third-order valence-corrected chi connectivity index (χ3v) is 2.24. The maximum absolute atomic E-state index is 11.8. The number of nitrogens with one attached hydrogen (secondary N) is 2. The van der Waals surface area contributed by atoms with Crippen molar-refractivity contribution in [3.8, 4) is 11.8 Å². The first kappa shape index (κ1) is 15.1. The Labute approximate surface area is 114 Å². The Morgan fingerprint density at radius 1 is 1.37 bits per heavy atom. The van der Waals surface area contributed by atoms with Gasteiger partial charge in [-0.3, -0.25) is 0 Å². The zero-order valence-corrected chi connectivity index (χ0v) is 11.9. The van der Waals surface area contributed by atoms with Gasteiger partial charge in [0.2, 0.25) is 0 Å². The molecule has 0 radical (unpaired) electrons. The number of urea groups is 1. The van der Waals surface area contributed by atoms with Crippen LogP contribution in [0.15, 0.2) is 18.2 Å². The highest BCUT2D eigenvalue weighted by atomic mass is 16.2. The summed E-state index contributed by atoms with van der Waals surface area (Å²) in [6.45, 7) is 8.05. The molecular formula is C15H21N3O. The van der Waals surface area contributed by atoms with Gasteiger partial charge in [-0.25, -0.2) is 4.79 Å². The summed E-state index contributed by atoms with van der Waals surface area (Å²) >= 11 is 0. The highest BCUT2D eigenvalue weighted by molar-refractivity contribution is 5.91. The summed E-state index contributed by atoms with van der Waals surface area (Å²) in [4.78, 5) is 11.8. The summed E-state index contributed by atoms with van der Waals surface area (Å²) < 4.78 is 0. The lowest BCUT2D eigenvalue weighted by atomic mass is 10.1. The van der Waals surface area contributed by atoms with E-state index in [1.165, 1.54) is 0 Å². The Hall–Kier alpha value is -1.99. The summed E-state index contributed by atoms with van der Waals surface area (Å²) in [5.41, 5.74) is 7.64. The number of benzene rings is 1. The fraction of sp³-hybridized carbons (Fsp3) is 0.400. The van der Waals surface area contributed by atoms with Gasteiger partial charge < -0.3 is 16.4 Å². The molecule has 0 bridgehead atoms. The SMILES string of the molecule is Cc1ccc(NC(=O)NC(C)(C)C)c(C#CCN)c1. The van der Waals surface area contributed by atoms with Crippen LogP contribution in [0.2, 0.25) is 0 Å². The van der Waals surface area contributed by atoms with Crippen LogP contribution in [0, 0.1) is 18.8 Å². The van der Waals surface area contributed by atoms with Crippen molar-refractivity contribution in [2.24, 2.45) is 5.73 Å².